The number of aromatic nitrogens is 3. The normalized spacial score (nSPS) is 10.6. The first-order valence-electron chi connectivity index (χ1n) is 3.39. The number of nitrogens with zero attached hydrogens (tertiary/aromatic N) is 2. The molecule has 0 aliphatic carbocycles. The number of hydrogen-bond donors (Lipinski definition) is 2. The van der Waals surface area contributed by atoms with E-state index in [1.807, 2.05) is 6.07 Å². The smallest absolute Gasteiger partial charge is 0.121 e. The number of nitrogens with two attached hydrogens (primary N) is 1. The molecule has 2 aromatic heterocycles. The number of rotatable bonds is 1. The maximum atomic E-state index is 5.40. The molecule has 2 rings (SSSR count). The second-order valence-corrected chi connectivity index (χ2v) is 2.28. The van der Waals surface area contributed by atoms with Crippen molar-refractivity contribution < 1.29 is 0 Å². The van der Waals surface area contributed by atoms with Gasteiger partial charge in [-0.1, -0.05) is 0 Å². The molecule has 0 spiro atoms. The number of pyridine rings is 1. The monoisotopic (exact) mass is 148 g/mol. The standard InChI is InChI=1S/C7H8N4/c8-3-7-10-5-1-2-9-4-6(5)11-7/h1-2,4H,3,8H2,(H,10,11). The Morgan fingerprint density at radius 1 is 1.55 bits per heavy atom. The second-order valence-electron chi connectivity index (χ2n) is 2.28. The van der Waals surface area contributed by atoms with Crippen LogP contribution < -0.4 is 5.73 Å². The lowest BCUT2D eigenvalue weighted by Gasteiger charge is -1.82. The topological polar surface area (TPSA) is 67.6 Å². The maximum Gasteiger partial charge on any atom is 0.121 e. The molecule has 2 aromatic rings. The van der Waals surface area contributed by atoms with E-state index in [0.29, 0.717) is 6.54 Å². The fourth-order valence-electron chi connectivity index (χ4n) is 1.01. The number of nitrogens with one attached hydrogen (secondary N) is 1. The van der Waals surface area contributed by atoms with Gasteiger partial charge in [-0.3, -0.25) is 4.98 Å². The van der Waals surface area contributed by atoms with Gasteiger partial charge < -0.3 is 10.7 Å². The Balaban J connectivity index is 2.69. The van der Waals surface area contributed by atoms with Crippen molar-refractivity contribution in [1.82, 2.24) is 15.0 Å². The van der Waals surface area contributed by atoms with Gasteiger partial charge in [0.15, 0.2) is 0 Å². The van der Waals surface area contributed by atoms with Crippen LogP contribution in [0.15, 0.2) is 18.5 Å². The summed E-state index contributed by atoms with van der Waals surface area (Å²) >= 11 is 0. The first-order valence-corrected chi connectivity index (χ1v) is 3.39. The van der Waals surface area contributed by atoms with Crippen molar-refractivity contribution in [1.29, 1.82) is 0 Å². The summed E-state index contributed by atoms with van der Waals surface area (Å²) in [6, 6.07) is 1.88. The van der Waals surface area contributed by atoms with Gasteiger partial charge in [0.25, 0.3) is 0 Å². The lowest BCUT2D eigenvalue weighted by atomic mass is 10.4. The van der Waals surface area contributed by atoms with Crippen LogP contribution >= 0.6 is 0 Å². The molecule has 0 bridgehead atoms. The van der Waals surface area contributed by atoms with Crippen LogP contribution in [0, 0.1) is 0 Å². The lowest BCUT2D eigenvalue weighted by molar-refractivity contribution is 0.958. The number of fused-ring (bicyclic) bond motifs is 1. The van der Waals surface area contributed by atoms with E-state index in [-0.39, 0.29) is 0 Å². The summed E-state index contributed by atoms with van der Waals surface area (Å²) in [6.07, 6.45) is 3.44. The highest BCUT2D eigenvalue weighted by molar-refractivity contribution is 5.73. The van der Waals surface area contributed by atoms with Crippen LogP contribution in [0.25, 0.3) is 11.0 Å². The highest BCUT2D eigenvalue weighted by Gasteiger charge is 1.98. The van der Waals surface area contributed by atoms with E-state index in [2.05, 4.69) is 15.0 Å². The molecule has 0 aliphatic heterocycles. The third-order valence-electron chi connectivity index (χ3n) is 1.53. The van der Waals surface area contributed by atoms with Gasteiger partial charge in [0.05, 0.1) is 18.3 Å². The number of aromatic amines is 1. The summed E-state index contributed by atoms with van der Waals surface area (Å²) in [5.74, 6) is 0.799. The largest absolute Gasteiger partial charge is 0.341 e. The van der Waals surface area contributed by atoms with Gasteiger partial charge in [0.2, 0.25) is 0 Å². The highest BCUT2D eigenvalue weighted by atomic mass is 14.9. The van der Waals surface area contributed by atoms with Crippen LogP contribution in [0.1, 0.15) is 5.82 Å². The minimum absolute atomic E-state index is 0.439. The quantitative estimate of drug-likeness (QED) is 0.615. The van der Waals surface area contributed by atoms with E-state index < -0.39 is 0 Å². The van der Waals surface area contributed by atoms with Crippen LogP contribution in [0.4, 0.5) is 0 Å². The number of H-pyrrole nitrogens is 1. The molecule has 0 aliphatic rings. The average molecular weight is 148 g/mol. The van der Waals surface area contributed by atoms with Gasteiger partial charge in [-0.05, 0) is 6.07 Å². The summed E-state index contributed by atoms with van der Waals surface area (Å²) in [4.78, 5) is 11.2. The molecule has 0 atom stereocenters. The first kappa shape index (κ1) is 6.30. The Hall–Kier alpha value is -1.42. The molecular formula is C7H8N4. The molecular weight excluding hydrogens is 140 g/mol. The zero-order chi connectivity index (χ0) is 7.68. The van der Waals surface area contributed by atoms with Crippen LogP contribution in [0.3, 0.4) is 0 Å². The zero-order valence-electron chi connectivity index (χ0n) is 5.91. The van der Waals surface area contributed by atoms with Crippen LogP contribution in [0.2, 0.25) is 0 Å². The SMILES string of the molecule is NCc1nc2cnccc2[nH]1. The van der Waals surface area contributed by atoms with E-state index in [4.69, 9.17) is 5.73 Å². The highest BCUT2D eigenvalue weighted by Crippen LogP contribution is 2.07. The predicted molar refractivity (Wildman–Crippen MR) is 41.8 cm³/mol. The van der Waals surface area contributed by atoms with E-state index in [1.54, 1.807) is 12.4 Å². The average Bonchev–Trinajstić information content (AvgIpc) is 2.46. The maximum absolute atomic E-state index is 5.40. The molecule has 0 aromatic carbocycles. The van der Waals surface area contributed by atoms with E-state index >= 15 is 0 Å². The third-order valence-corrected chi connectivity index (χ3v) is 1.53. The van der Waals surface area contributed by atoms with Crippen molar-refractivity contribution in [2.75, 3.05) is 0 Å². The second kappa shape index (κ2) is 2.32. The molecule has 0 radical (unpaired) electrons. The van der Waals surface area contributed by atoms with Crippen molar-refractivity contribution in [2.45, 2.75) is 6.54 Å². The van der Waals surface area contributed by atoms with Gasteiger partial charge in [0, 0.05) is 6.20 Å². The van der Waals surface area contributed by atoms with Crippen molar-refractivity contribution in [3.05, 3.63) is 24.3 Å². The lowest BCUT2D eigenvalue weighted by Crippen LogP contribution is -1.97. The summed E-state index contributed by atoms with van der Waals surface area (Å²) in [7, 11) is 0. The van der Waals surface area contributed by atoms with Gasteiger partial charge in [-0.25, -0.2) is 4.98 Å². The number of hydrogen-bond acceptors (Lipinski definition) is 3. The molecule has 0 saturated heterocycles. The molecule has 4 heteroatoms. The predicted octanol–water partition coefficient (Wildman–Crippen LogP) is 0.417. The molecule has 0 saturated carbocycles. The Bertz CT molecular complexity index is 332. The van der Waals surface area contributed by atoms with E-state index in [9.17, 15) is 0 Å². The van der Waals surface area contributed by atoms with Crippen molar-refractivity contribution in [3.8, 4) is 0 Å². The zero-order valence-corrected chi connectivity index (χ0v) is 5.91. The van der Waals surface area contributed by atoms with Crippen molar-refractivity contribution in [2.24, 2.45) is 5.73 Å². The first-order chi connectivity index (χ1) is 5.40. The van der Waals surface area contributed by atoms with Crippen LogP contribution in [-0.4, -0.2) is 15.0 Å². The molecule has 11 heavy (non-hydrogen) atoms. The molecule has 0 amide bonds. The molecule has 3 N–H and O–H groups in total. The summed E-state index contributed by atoms with van der Waals surface area (Å²) in [6.45, 7) is 0.439. The third kappa shape index (κ3) is 0.969. The Kier molecular flexibility index (Phi) is 1.33. The van der Waals surface area contributed by atoms with Crippen molar-refractivity contribution >= 4 is 11.0 Å². The van der Waals surface area contributed by atoms with E-state index in [0.717, 1.165) is 16.9 Å². The molecule has 56 valence electrons. The molecule has 0 unspecified atom stereocenters. The van der Waals surface area contributed by atoms with Gasteiger partial charge in [-0.2, -0.15) is 0 Å². The Morgan fingerprint density at radius 2 is 2.45 bits per heavy atom. The Labute approximate surface area is 63.5 Å². The summed E-state index contributed by atoms with van der Waals surface area (Å²) in [5.41, 5.74) is 7.25. The minimum atomic E-state index is 0.439. The minimum Gasteiger partial charge on any atom is -0.341 e. The summed E-state index contributed by atoms with van der Waals surface area (Å²) in [5, 5.41) is 0. The summed E-state index contributed by atoms with van der Waals surface area (Å²) < 4.78 is 0. The fourth-order valence-corrected chi connectivity index (χ4v) is 1.01. The van der Waals surface area contributed by atoms with Crippen molar-refractivity contribution in [3.63, 3.8) is 0 Å². The number of imidazole rings is 1. The molecule has 4 nitrogen and oxygen atoms in total. The van der Waals surface area contributed by atoms with Gasteiger partial charge in [0.1, 0.15) is 11.3 Å². The molecule has 0 fully saturated rings. The van der Waals surface area contributed by atoms with Gasteiger partial charge in [-0.15, -0.1) is 0 Å². The van der Waals surface area contributed by atoms with E-state index in [1.165, 1.54) is 0 Å². The van der Waals surface area contributed by atoms with Crippen LogP contribution in [0.5, 0.6) is 0 Å². The van der Waals surface area contributed by atoms with Gasteiger partial charge >= 0.3 is 0 Å². The molecule has 2 heterocycles. The fraction of sp³-hybridized carbons (Fsp3) is 0.143. The van der Waals surface area contributed by atoms with Crippen LogP contribution in [-0.2, 0) is 6.54 Å². The Morgan fingerprint density at radius 3 is 3.18 bits per heavy atom.